The number of hydrogen-bond donors (Lipinski definition) is 3. The van der Waals surface area contributed by atoms with Gasteiger partial charge < -0.3 is 11.1 Å². The smallest absolute Gasteiger partial charge is 0.327 e. The molecule has 2 atom stereocenters. The van der Waals surface area contributed by atoms with E-state index in [0.717, 1.165) is 11.3 Å². The fraction of sp³-hybridized carbons (Fsp3) is 0.538. The van der Waals surface area contributed by atoms with Crippen molar-refractivity contribution in [1.82, 2.24) is 10.0 Å². The predicted molar refractivity (Wildman–Crippen MR) is 92.8 cm³/mol. The molecule has 0 spiro atoms. The summed E-state index contributed by atoms with van der Waals surface area (Å²) >= 11 is 6.88. The Morgan fingerprint density at radius 1 is 1.48 bits per heavy atom. The van der Waals surface area contributed by atoms with Crippen LogP contribution in [0.4, 0.5) is 4.79 Å². The van der Waals surface area contributed by atoms with Gasteiger partial charge in [0, 0.05) is 11.9 Å². The molecule has 130 valence electrons. The summed E-state index contributed by atoms with van der Waals surface area (Å²) in [6.07, 6.45) is 0.407. The Morgan fingerprint density at radius 2 is 2.13 bits per heavy atom. The number of carbonyl (C=O) groups excluding carboxylic acids is 2. The Hall–Kier alpha value is -1.16. The lowest BCUT2D eigenvalue weighted by molar-refractivity contribution is -0.119. The average molecular weight is 381 g/mol. The van der Waals surface area contributed by atoms with Crippen molar-refractivity contribution in [3.63, 3.8) is 0 Å². The third-order valence-electron chi connectivity index (χ3n) is 2.65. The van der Waals surface area contributed by atoms with E-state index in [0.29, 0.717) is 18.0 Å². The molecule has 1 heterocycles. The summed E-state index contributed by atoms with van der Waals surface area (Å²) in [5.74, 6) is -0.530. The summed E-state index contributed by atoms with van der Waals surface area (Å²) in [6.45, 7) is 5.88. The third-order valence-corrected chi connectivity index (χ3v) is 6.24. The molecule has 1 aromatic rings. The number of amides is 3. The summed E-state index contributed by atoms with van der Waals surface area (Å²) in [5, 5.41) is 4.35. The molecule has 0 aliphatic rings. The van der Waals surface area contributed by atoms with E-state index in [1.807, 2.05) is 13.8 Å². The van der Waals surface area contributed by atoms with E-state index in [-0.39, 0.29) is 10.1 Å². The molecule has 0 saturated carbocycles. The van der Waals surface area contributed by atoms with Crippen LogP contribution < -0.4 is 15.8 Å². The molecule has 0 aliphatic carbocycles. The maximum absolute atomic E-state index is 13.0. The summed E-state index contributed by atoms with van der Waals surface area (Å²) in [7, 11) is -3.48. The van der Waals surface area contributed by atoms with Crippen LogP contribution in [0.15, 0.2) is 20.0 Å². The first kappa shape index (κ1) is 19.9. The fourth-order valence-corrected chi connectivity index (χ4v) is 4.69. The Labute approximate surface area is 145 Å². The van der Waals surface area contributed by atoms with Gasteiger partial charge in [0.2, 0.25) is 0 Å². The van der Waals surface area contributed by atoms with E-state index in [4.69, 9.17) is 17.3 Å². The molecule has 7 nitrogen and oxygen atoms in total. The lowest BCUT2D eigenvalue weighted by Gasteiger charge is -2.13. The molecule has 1 rings (SSSR count). The molecular formula is C13H21ClN4O3S2. The van der Waals surface area contributed by atoms with Crippen LogP contribution in [0.1, 0.15) is 27.2 Å². The molecule has 0 bridgehead atoms. The first-order valence-corrected chi connectivity index (χ1v) is 9.81. The van der Waals surface area contributed by atoms with Crippen LogP contribution in [-0.4, -0.2) is 28.7 Å². The highest BCUT2D eigenvalue weighted by atomic mass is 35.5. The lowest BCUT2D eigenvalue weighted by atomic mass is 10.0. The number of thiophene rings is 1. The molecule has 0 aromatic carbocycles. The quantitative estimate of drug-likeness (QED) is 0.702. The van der Waals surface area contributed by atoms with Crippen molar-refractivity contribution < 1.29 is 13.8 Å². The predicted octanol–water partition coefficient (Wildman–Crippen LogP) is 2.36. The highest BCUT2D eigenvalue weighted by Crippen LogP contribution is 2.25. The second kappa shape index (κ2) is 8.62. The van der Waals surface area contributed by atoms with Crippen LogP contribution in [-0.2, 0) is 14.7 Å². The molecule has 2 unspecified atom stereocenters. The highest BCUT2D eigenvalue weighted by molar-refractivity contribution is 7.94. The Kier molecular flexibility index (Phi) is 7.46. The van der Waals surface area contributed by atoms with Gasteiger partial charge in [0.05, 0.1) is 11.1 Å². The zero-order valence-electron chi connectivity index (χ0n) is 13.2. The van der Waals surface area contributed by atoms with Gasteiger partial charge in [-0.3, -0.25) is 4.79 Å². The number of carbonyl (C=O) groups is 2. The highest BCUT2D eigenvalue weighted by Gasteiger charge is 2.23. The maximum atomic E-state index is 13.0. The largest absolute Gasteiger partial charge is 0.338 e. The van der Waals surface area contributed by atoms with E-state index in [1.54, 1.807) is 12.3 Å². The zero-order chi connectivity index (χ0) is 17.6. The Balaban J connectivity index is 3.18. The van der Waals surface area contributed by atoms with Crippen LogP contribution in [0.25, 0.3) is 0 Å². The number of nitrogens with zero attached hydrogens (tertiary/aromatic N) is 1. The molecule has 0 saturated heterocycles. The van der Waals surface area contributed by atoms with Crippen molar-refractivity contribution in [3.05, 3.63) is 16.5 Å². The van der Waals surface area contributed by atoms with Gasteiger partial charge in [0.25, 0.3) is 5.91 Å². The van der Waals surface area contributed by atoms with Gasteiger partial charge >= 0.3 is 6.03 Å². The monoisotopic (exact) mass is 380 g/mol. The number of halogens is 1. The summed E-state index contributed by atoms with van der Waals surface area (Å²) in [4.78, 5) is 23.9. The Morgan fingerprint density at radius 3 is 2.61 bits per heavy atom. The summed E-state index contributed by atoms with van der Waals surface area (Å²) in [5.41, 5.74) is 5.78. The molecule has 23 heavy (non-hydrogen) atoms. The minimum Gasteiger partial charge on any atom is -0.338 e. The molecule has 10 heteroatoms. The van der Waals surface area contributed by atoms with Crippen LogP contribution in [0, 0.1) is 5.92 Å². The van der Waals surface area contributed by atoms with Crippen molar-refractivity contribution in [2.45, 2.75) is 37.4 Å². The molecule has 0 fully saturated rings. The summed E-state index contributed by atoms with van der Waals surface area (Å²) < 4.78 is 19.2. The molecule has 1 aromatic heterocycles. The van der Waals surface area contributed by atoms with Gasteiger partial charge in [0.15, 0.2) is 9.92 Å². The van der Waals surface area contributed by atoms with Crippen molar-refractivity contribution >= 4 is 44.8 Å². The molecule has 4 N–H and O–H groups in total. The molecule has 0 aliphatic heterocycles. The van der Waals surface area contributed by atoms with Gasteiger partial charge in [-0.2, -0.15) is 0 Å². The SMILES string of the molecule is CCNC(=O)NS(=O)(=NC(=O)C(N)CC(C)C)c1cc(Cl)cs1. The van der Waals surface area contributed by atoms with Gasteiger partial charge in [-0.05, 0) is 25.3 Å². The second-order valence-corrected chi connectivity index (χ2v) is 8.72. The minimum absolute atomic E-state index is 0.188. The van der Waals surface area contributed by atoms with Crippen LogP contribution >= 0.6 is 22.9 Å². The lowest BCUT2D eigenvalue weighted by Crippen LogP contribution is -2.40. The molecule has 0 radical (unpaired) electrons. The minimum atomic E-state index is -3.48. The molecule has 3 amide bonds. The fourth-order valence-electron chi connectivity index (χ4n) is 1.68. The van der Waals surface area contributed by atoms with Crippen LogP contribution in [0.2, 0.25) is 5.02 Å². The van der Waals surface area contributed by atoms with E-state index < -0.39 is 27.9 Å². The maximum Gasteiger partial charge on any atom is 0.327 e. The Bertz CT molecular complexity index is 681. The zero-order valence-corrected chi connectivity index (χ0v) is 15.6. The van der Waals surface area contributed by atoms with E-state index in [2.05, 4.69) is 14.4 Å². The van der Waals surface area contributed by atoms with Crippen molar-refractivity contribution in [3.8, 4) is 0 Å². The number of rotatable bonds is 6. The van der Waals surface area contributed by atoms with Gasteiger partial charge in [-0.1, -0.05) is 25.4 Å². The average Bonchev–Trinajstić information content (AvgIpc) is 2.85. The number of hydrogen-bond acceptors (Lipinski definition) is 5. The van der Waals surface area contributed by atoms with Crippen LogP contribution in [0.5, 0.6) is 0 Å². The van der Waals surface area contributed by atoms with Crippen molar-refractivity contribution in [1.29, 1.82) is 0 Å². The topological polar surface area (TPSA) is 114 Å². The standard InChI is InChI=1S/C13H21ClN4O3S2/c1-4-16-13(20)18-23(21,11-6-9(14)7-22-11)17-12(19)10(15)5-8(2)3/h6-8,10H,4-5,15H2,1-3H3,(H2,16,17,18,19,20,21). The normalized spacial score (nSPS) is 14.9. The first-order valence-electron chi connectivity index (χ1n) is 7.04. The van der Waals surface area contributed by atoms with Gasteiger partial charge in [-0.15, -0.1) is 15.7 Å². The number of urea groups is 1. The molecular weight excluding hydrogens is 360 g/mol. The van der Waals surface area contributed by atoms with Crippen molar-refractivity contribution in [2.75, 3.05) is 6.54 Å². The van der Waals surface area contributed by atoms with Gasteiger partial charge in [-0.25, -0.2) is 13.7 Å². The van der Waals surface area contributed by atoms with E-state index >= 15 is 0 Å². The van der Waals surface area contributed by atoms with Crippen LogP contribution in [0.3, 0.4) is 0 Å². The number of nitrogens with one attached hydrogen (secondary N) is 2. The van der Waals surface area contributed by atoms with Gasteiger partial charge in [0.1, 0.15) is 4.21 Å². The van der Waals surface area contributed by atoms with Crippen molar-refractivity contribution in [2.24, 2.45) is 16.0 Å². The third kappa shape index (κ3) is 6.09. The second-order valence-electron chi connectivity index (χ2n) is 5.24. The number of nitrogens with two attached hydrogens (primary N) is 1. The van der Waals surface area contributed by atoms with E-state index in [1.165, 1.54) is 6.07 Å². The summed E-state index contributed by atoms with van der Waals surface area (Å²) in [6, 6.07) is -0.149. The van der Waals surface area contributed by atoms with E-state index in [9.17, 15) is 13.8 Å². The first-order chi connectivity index (χ1) is 10.7.